The van der Waals surface area contributed by atoms with Crippen LogP contribution < -0.4 is 5.32 Å². The van der Waals surface area contributed by atoms with Crippen LogP contribution in [-0.4, -0.2) is 23.8 Å². The molecule has 0 radical (unpaired) electrons. The number of nitro benzene ring substituents is 1. The van der Waals surface area contributed by atoms with Gasteiger partial charge in [-0.25, -0.2) is 4.79 Å². The summed E-state index contributed by atoms with van der Waals surface area (Å²) in [6, 6.07) is 4.23. The van der Waals surface area contributed by atoms with Crippen molar-refractivity contribution in [1.29, 1.82) is 0 Å². The van der Waals surface area contributed by atoms with Gasteiger partial charge in [-0.3, -0.25) is 14.9 Å². The van der Waals surface area contributed by atoms with Crippen LogP contribution in [-0.2, 0) is 14.3 Å². The molecule has 0 spiro atoms. The van der Waals surface area contributed by atoms with E-state index < -0.39 is 16.8 Å². The molecule has 1 aliphatic heterocycles. The van der Waals surface area contributed by atoms with Gasteiger partial charge in [0.15, 0.2) is 5.78 Å². The Hall–Kier alpha value is -2.67. The minimum Gasteiger partial charge on any atom is -0.466 e. The molecular weight excluding hydrogens is 348 g/mol. The summed E-state index contributed by atoms with van der Waals surface area (Å²) in [6.07, 6.45) is 0. The average Bonchev–Trinajstić information content (AvgIpc) is 2.53. The fourth-order valence-electron chi connectivity index (χ4n) is 3.02. The average molecular weight is 365 g/mol. The third-order valence-electron chi connectivity index (χ3n) is 4.05. The Morgan fingerprint density at radius 2 is 1.84 bits per heavy atom. The molecule has 1 atom stereocenters. The Labute approximate surface area is 149 Å². The molecule has 1 N–H and O–H groups in total. The maximum Gasteiger partial charge on any atom is 0.336 e. The SMILES string of the molecule is COC(=O)C1=C(C)NC(C)=C(C(C)=O)C1c1ccc(Cl)c([N+](=O)[O-])c1. The number of benzene rings is 1. The highest BCUT2D eigenvalue weighted by atomic mass is 35.5. The van der Waals surface area contributed by atoms with Gasteiger partial charge in [-0.15, -0.1) is 0 Å². The zero-order valence-corrected chi connectivity index (χ0v) is 14.9. The first-order valence-corrected chi connectivity index (χ1v) is 7.78. The molecule has 0 bridgehead atoms. The first kappa shape index (κ1) is 18.7. The van der Waals surface area contributed by atoms with Gasteiger partial charge in [-0.1, -0.05) is 17.7 Å². The number of carbonyl (C=O) groups excluding carboxylic acids is 2. The first-order chi connectivity index (χ1) is 11.7. The Kier molecular flexibility index (Phi) is 5.27. The summed E-state index contributed by atoms with van der Waals surface area (Å²) in [7, 11) is 1.24. The Balaban J connectivity index is 2.76. The number of allylic oxidation sites excluding steroid dienone is 3. The van der Waals surface area contributed by atoms with E-state index in [0.29, 0.717) is 22.5 Å². The van der Waals surface area contributed by atoms with E-state index in [9.17, 15) is 19.7 Å². The molecule has 8 heteroatoms. The van der Waals surface area contributed by atoms with E-state index >= 15 is 0 Å². The predicted octanol–water partition coefficient (Wildman–Crippen LogP) is 3.25. The normalized spacial score (nSPS) is 17.2. The highest BCUT2D eigenvalue weighted by Crippen LogP contribution is 2.41. The lowest BCUT2D eigenvalue weighted by Crippen LogP contribution is -2.31. The van der Waals surface area contributed by atoms with Crippen molar-refractivity contribution in [2.75, 3.05) is 7.11 Å². The largest absolute Gasteiger partial charge is 0.466 e. The maximum absolute atomic E-state index is 12.3. The number of hydrogen-bond donors (Lipinski definition) is 1. The zero-order valence-electron chi connectivity index (χ0n) is 14.2. The van der Waals surface area contributed by atoms with Crippen LogP contribution in [0.25, 0.3) is 0 Å². The quantitative estimate of drug-likeness (QED) is 0.500. The van der Waals surface area contributed by atoms with Crippen LogP contribution in [0.15, 0.2) is 40.7 Å². The molecule has 0 saturated carbocycles. The Morgan fingerprint density at radius 1 is 1.24 bits per heavy atom. The first-order valence-electron chi connectivity index (χ1n) is 7.40. The minimum atomic E-state index is -0.776. The molecule has 1 heterocycles. The second kappa shape index (κ2) is 7.06. The highest BCUT2D eigenvalue weighted by Gasteiger charge is 2.36. The van der Waals surface area contributed by atoms with E-state index in [4.69, 9.17) is 16.3 Å². The molecule has 0 amide bonds. The number of rotatable bonds is 4. The van der Waals surface area contributed by atoms with Gasteiger partial charge in [-0.2, -0.15) is 0 Å². The number of carbonyl (C=O) groups is 2. The molecule has 1 aromatic rings. The molecule has 132 valence electrons. The number of Topliss-reactive ketones (excluding diaryl/α,β-unsaturated/α-hetero) is 1. The van der Waals surface area contributed by atoms with Crippen molar-refractivity contribution in [2.24, 2.45) is 0 Å². The predicted molar refractivity (Wildman–Crippen MR) is 92.1 cm³/mol. The molecule has 2 rings (SSSR count). The van der Waals surface area contributed by atoms with Gasteiger partial charge in [-0.05, 0) is 32.4 Å². The topological polar surface area (TPSA) is 98.5 Å². The van der Waals surface area contributed by atoms with E-state index in [1.165, 1.54) is 26.2 Å². The molecule has 1 unspecified atom stereocenters. The van der Waals surface area contributed by atoms with Gasteiger partial charge in [0.1, 0.15) is 5.02 Å². The van der Waals surface area contributed by atoms with Crippen LogP contribution in [0, 0.1) is 10.1 Å². The summed E-state index contributed by atoms with van der Waals surface area (Å²) in [4.78, 5) is 35.1. The van der Waals surface area contributed by atoms with Crippen molar-refractivity contribution in [3.05, 3.63) is 61.4 Å². The molecule has 0 aliphatic carbocycles. The van der Waals surface area contributed by atoms with Crippen molar-refractivity contribution in [2.45, 2.75) is 26.7 Å². The number of methoxy groups -OCH3 is 1. The van der Waals surface area contributed by atoms with E-state index in [1.54, 1.807) is 19.9 Å². The fraction of sp³-hybridized carbons (Fsp3) is 0.294. The van der Waals surface area contributed by atoms with Crippen LogP contribution in [0.2, 0.25) is 5.02 Å². The number of halogens is 1. The van der Waals surface area contributed by atoms with E-state index in [2.05, 4.69) is 5.32 Å². The van der Waals surface area contributed by atoms with E-state index in [0.717, 1.165) is 0 Å². The highest BCUT2D eigenvalue weighted by molar-refractivity contribution is 6.32. The Bertz CT molecular complexity index is 841. The van der Waals surface area contributed by atoms with Crippen molar-refractivity contribution >= 4 is 29.0 Å². The molecule has 7 nitrogen and oxygen atoms in total. The third-order valence-corrected chi connectivity index (χ3v) is 4.36. The summed E-state index contributed by atoms with van der Waals surface area (Å²) in [5.74, 6) is -1.64. The third kappa shape index (κ3) is 3.41. The van der Waals surface area contributed by atoms with E-state index in [-0.39, 0.29) is 22.1 Å². The maximum atomic E-state index is 12.3. The number of nitro groups is 1. The van der Waals surface area contributed by atoms with Gasteiger partial charge in [0, 0.05) is 29.0 Å². The number of hydrogen-bond acceptors (Lipinski definition) is 6. The molecule has 1 aliphatic rings. The van der Waals surface area contributed by atoms with Crippen molar-refractivity contribution in [3.63, 3.8) is 0 Å². The smallest absolute Gasteiger partial charge is 0.336 e. The van der Waals surface area contributed by atoms with Crippen LogP contribution in [0.3, 0.4) is 0 Å². The van der Waals surface area contributed by atoms with E-state index in [1.807, 2.05) is 0 Å². The standard InChI is InChI=1S/C17H17ClN2O5/c1-8-14(10(3)21)16(15(9(2)19-8)17(22)25-4)11-5-6-12(18)13(7-11)20(23)24/h5-7,16,19H,1-4H3. The lowest BCUT2D eigenvalue weighted by molar-refractivity contribution is -0.384. The van der Waals surface area contributed by atoms with Gasteiger partial charge in [0.25, 0.3) is 5.69 Å². The molecule has 25 heavy (non-hydrogen) atoms. The number of ketones is 1. The van der Waals surface area contributed by atoms with Crippen LogP contribution in [0.1, 0.15) is 32.3 Å². The summed E-state index contributed by atoms with van der Waals surface area (Å²) < 4.78 is 4.85. The number of dihydropyridines is 1. The van der Waals surface area contributed by atoms with Crippen LogP contribution in [0.5, 0.6) is 0 Å². The van der Waals surface area contributed by atoms with Gasteiger partial charge >= 0.3 is 5.97 Å². The van der Waals surface area contributed by atoms with Crippen LogP contribution >= 0.6 is 11.6 Å². The second-order valence-electron chi connectivity index (χ2n) is 5.65. The summed E-state index contributed by atoms with van der Waals surface area (Å²) in [5.41, 5.74) is 1.82. The second-order valence-corrected chi connectivity index (χ2v) is 6.06. The molecule has 0 saturated heterocycles. The monoisotopic (exact) mass is 364 g/mol. The number of nitrogens with one attached hydrogen (secondary N) is 1. The van der Waals surface area contributed by atoms with Crippen LogP contribution in [0.4, 0.5) is 5.69 Å². The van der Waals surface area contributed by atoms with Crippen molar-refractivity contribution < 1.29 is 19.2 Å². The van der Waals surface area contributed by atoms with Gasteiger partial charge in [0.2, 0.25) is 0 Å². The van der Waals surface area contributed by atoms with Gasteiger partial charge < -0.3 is 10.1 Å². The lowest BCUT2D eigenvalue weighted by Gasteiger charge is -2.30. The fourth-order valence-corrected chi connectivity index (χ4v) is 3.21. The molecule has 1 aromatic carbocycles. The van der Waals surface area contributed by atoms with Crippen molar-refractivity contribution in [3.8, 4) is 0 Å². The summed E-state index contributed by atoms with van der Waals surface area (Å²) >= 11 is 5.88. The zero-order chi connectivity index (χ0) is 18.9. The molecular formula is C17H17ClN2O5. The molecule has 0 aromatic heterocycles. The Morgan fingerprint density at radius 3 is 2.36 bits per heavy atom. The summed E-state index contributed by atoms with van der Waals surface area (Å²) in [6.45, 7) is 4.78. The van der Waals surface area contributed by atoms with Gasteiger partial charge in [0.05, 0.1) is 17.6 Å². The molecule has 0 fully saturated rings. The minimum absolute atomic E-state index is 0.0203. The number of ether oxygens (including phenoxy) is 1. The summed E-state index contributed by atoms with van der Waals surface area (Å²) in [5, 5.41) is 14.2. The lowest BCUT2D eigenvalue weighted by atomic mass is 9.79. The number of esters is 1. The van der Waals surface area contributed by atoms with Crippen molar-refractivity contribution in [1.82, 2.24) is 5.32 Å². The number of nitrogens with zero attached hydrogens (tertiary/aromatic N) is 1.